The first-order chi connectivity index (χ1) is 13.5. The Kier molecular flexibility index (Phi) is 6.16. The van der Waals surface area contributed by atoms with E-state index in [0.29, 0.717) is 23.7 Å². The molecule has 3 rings (SSSR count). The minimum absolute atomic E-state index is 0.0113. The first-order valence-corrected chi connectivity index (χ1v) is 9.45. The Morgan fingerprint density at radius 1 is 1.04 bits per heavy atom. The highest BCUT2D eigenvalue weighted by atomic mass is 32.1. The Labute approximate surface area is 167 Å². The van der Waals surface area contributed by atoms with E-state index >= 15 is 0 Å². The fraction of sp³-hybridized carbons (Fsp3) is 0.238. The van der Waals surface area contributed by atoms with Crippen molar-refractivity contribution in [2.75, 3.05) is 21.3 Å². The SMILES string of the molecule is COc1cc(OC)c(OC)cc1/C=C(\CCC(=O)O)c1nc2ccccc2s1. The van der Waals surface area contributed by atoms with Crippen LogP contribution in [0.2, 0.25) is 0 Å². The van der Waals surface area contributed by atoms with Crippen molar-refractivity contribution in [3.8, 4) is 17.2 Å². The zero-order chi connectivity index (χ0) is 20.1. The number of hydrogen-bond donors (Lipinski definition) is 1. The van der Waals surface area contributed by atoms with Gasteiger partial charge < -0.3 is 19.3 Å². The van der Waals surface area contributed by atoms with Gasteiger partial charge in [-0.15, -0.1) is 11.3 Å². The summed E-state index contributed by atoms with van der Waals surface area (Å²) in [6.45, 7) is 0. The van der Waals surface area contributed by atoms with Crippen LogP contribution in [-0.4, -0.2) is 37.4 Å². The van der Waals surface area contributed by atoms with Gasteiger partial charge >= 0.3 is 5.97 Å². The fourth-order valence-electron chi connectivity index (χ4n) is 2.85. The van der Waals surface area contributed by atoms with E-state index in [1.165, 1.54) is 11.3 Å². The molecule has 0 spiro atoms. The second kappa shape index (κ2) is 8.75. The van der Waals surface area contributed by atoms with Crippen molar-refractivity contribution in [1.82, 2.24) is 4.98 Å². The number of methoxy groups -OCH3 is 3. The number of thiazole rings is 1. The summed E-state index contributed by atoms with van der Waals surface area (Å²) in [4.78, 5) is 15.8. The van der Waals surface area contributed by atoms with Gasteiger partial charge in [-0.3, -0.25) is 4.79 Å². The summed E-state index contributed by atoms with van der Waals surface area (Å²) in [5.74, 6) is 0.873. The molecule has 1 N–H and O–H groups in total. The maximum absolute atomic E-state index is 11.2. The van der Waals surface area contributed by atoms with E-state index in [2.05, 4.69) is 4.98 Å². The van der Waals surface area contributed by atoms with Crippen LogP contribution in [0.15, 0.2) is 36.4 Å². The van der Waals surface area contributed by atoms with Crippen LogP contribution in [0.4, 0.5) is 0 Å². The summed E-state index contributed by atoms with van der Waals surface area (Å²) in [5.41, 5.74) is 2.48. The number of fused-ring (bicyclic) bond motifs is 1. The van der Waals surface area contributed by atoms with Gasteiger partial charge in [0.05, 0.1) is 31.5 Å². The molecule has 0 atom stereocenters. The van der Waals surface area contributed by atoms with E-state index in [9.17, 15) is 4.79 Å². The molecule has 0 saturated carbocycles. The fourth-order valence-corrected chi connectivity index (χ4v) is 3.85. The molecule has 0 amide bonds. The summed E-state index contributed by atoms with van der Waals surface area (Å²) >= 11 is 1.54. The van der Waals surface area contributed by atoms with E-state index in [1.54, 1.807) is 27.4 Å². The van der Waals surface area contributed by atoms with E-state index in [0.717, 1.165) is 26.4 Å². The number of ether oxygens (including phenoxy) is 3. The summed E-state index contributed by atoms with van der Waals surface area (Å²) < 4.78 is 17.3. The second-order valence-corrected chi connectivity index (χ2v) is 7.03. The molecular weight excluding hydrogens is 378 g/mol. The van der Waals surface area contributed by atoms with Gasteiger partial charge in [0.2, 0.25) is 0 Å². The summed E-state index contributed by atoms with van der Waals surface area (Å²) in [6.07, 6.45) is 2.27. The van der Waals surface area contributed by atoms with Gasteiger partial charge in [0.15, 0.2) is 11.5 Å². The van der Waals surface area contributed by atoms with Gasteiger partial charge in [-0.1, -0.05) is 12.1 Å². The van der Waals surface area contributed by atoms with E-state index < -0.39 is 5.97 Å². The lowest BCUT2D eigenvalue weighted by Gasteiger charge is -2.13. The van der Waals surface area contributed by atoms with Crippen molar-refractivity contribution in [2.24, 2.45) is 0 Å². The molecule has 0 saturated heterocycles. The molecule has 1 aromatic heterocycles. The van der Waals surface area contributed by atoms with E-state index in [-0.39, 0.29) is 6.42 Å². The maximum atomic E-state index is 11.2. The molecule has 0 aliphatic carbocycles. The average molecular weight is 399 g/mol. The van der Waals surface area contributed by atoms with Gasteiger partial charge in [-0.2, -0.15) is 0 Å². The number of carboxylic acids is 1. The van der Waals surface area contributed by atoms with Gasteiger partial charge in [0.1, 0.15) is 10.8 Å². The van der Waals surface area contributed by atoms with Gasteiger partial charge in [0.25, 0.3) is 0 Å². The number of aliphatic carboxylic acids is 1. The molecule has 146 valence electrons. The number of carboxylic acid groups (broad SMARTS) is 1. The zero-order valence-electron chi connectivity index (χ0n) is 15.9. The molecule has 0 unspecified atom stereocenters. The predicted molar refractivity (Wildman–Crippen MR) is 110 cm³/mol. The van der Waals surface area contributed by atoms with Gasteiger partial charge in [-0.05, 0) is 36.3 Å². The van der Waals surface area contributed by atoms with Crippen molar-refractivity contribution in [1.29, 1.82) is 0 Å². The van der Waals surface area contributed by atoms with E-state index in [4.69, 9.17) is 19.3 Å². The summed E-state index contributed by atoms with van der Waals surface area (Å²) in [7, 11) is 4.70. The standard InChI is InChI=1S/C21H21NO5S/c1-25-16-12-18(27-3)17(26-2)11-14(16)10-13(8-9-20(23)24)21-22-15-6-4-5-7-19(15)28-21/h4-7,10-12H,8-9H2,1-3H3,(H,23,24)/b13-10+. The van der Waals surface area contributed by atoms with Crippen molar-refractivity contribution in [3.63, 3.8) is 0 Å². The Hall–Kier alpha value is -3.06. The van der Waals surface area contributed by atoms with Crippen LogP contribution < -0.4 is 14.2 Å². The van der Waals surface area contributed by atoms with Crippen LogP contribution in [0.25, 0.3) is 21.9 Å². The quantitative estimate of drug-likeness (QED) is 0.590. The van der Waals surface area contributed by atoms with Crippen molar-refractivity contribution in [3.05, 3.63) is 47.0 Å². The molecular formula is C21H21NO5S. The predicted octanol–water partition coefficient (Wildman–Crippen LogP) is 4.73. The number of hydrogen-bond acceptors (Lipinski definition) is 6. The van der Waals surface area contributed by atoms with Crippen molar-refractivity contribution >= 4 is 39.2 Å². The Morgan fingerprint density at radius 2 is 1.71 bits per heavy atom. The lowest BCUT2D eigenvalue weighted by Crippen LogP contribution is -1.97. The Balaban J connectivity index is 2.11. The largest absolute Gasteiger partial charge is 0.496 e. The highest BCUT2D eigenvalue weighted by Gasteiger charge is 2.15. The molecule has 1 heterocycles. The van der Waals surface area contributed by atoms with E-state index in [1.807, 2.05) is 36.4 Å². The first kappa shape index (κ1) is 19.7. The van der Waals surface area contributed by atoms with Crippen LogP contribution in [0.1, 0.15) is 23.4 Å². The van der Waals surface area contributed by atoms with Crippen LogP contribution >= 0.6 is 11.3 Å². The molecule has 0 bridgehead atoms. The molecule has 0 aliphatic heterocycles. The summed E-state index contributed by atoms with van der Waals surface area (Å²) in [6, 6.07) is 11.4. The number of nitrogens with zero attached hydrogens (tertiary/aromatic N) is 1. The third-order valence-corrected chi connectivity index (χ3v) is 5.35. The molecule has 28 heavy (non-hydrogen) atoms. The number of carbonyl (C=O) groups is 1. The number of para-hydroxylation sites is 1. The number of benzene rings is 2. The molecule has 3 aromatic rings. The number of allylic oxidation sites excluding steroid dienone is 1. The van der Waals surface area contributed by atoms with Crippen LogP contribution in [0, 0.1) is 0 Å². The number of rotatable bonds is 8. The molecule has 7 heteroatoms. The Bertz CT molecular complexity index is 992. The molecule has 0 fully saturated rings. The van der Waals surface area contributed by atoms with Crippen LogP contribution in [0.5, 0.6) is 17.2 Å². The minimum atomic E-state index is -0.855. The topological polar surface area (TPSA) is 77.9 Å². The lowest BCUT2D eigenvalue weighted by atomic mass is 10.1. The second-order valence-electron chi connectivity index (χ2n) is 6.00. The average Bonchev–Trinajstić information content (AvgIpc) is 3.14. The zero-order valence-corrected chi connectivity index (χ0v) is 16.7. The highest BCUT2D eigenvalue weighted by molar-refractivity contribution is 7.19. The Morgan fingerprint density at radius 3 is 2.36 bits per heavy atom. The highest BCUT2D eigenvalue weighted by Crippen LogP contribution is 2.38. The summed E-state index contributed by atoms with van der Waals surface area (Å²) in [5, 5.41) is 9.95. The maximum Gasteiger partial charge on any atom is 0.303 e. The van der Waals surface area contributed by atoms with Crippen LogP contribution in [0.3, 0.4) is 0 Å². The molecule has 6 nitrogen and oxygen atoms in total. The van der Waals surface area contributed by atoms with Gasteiger partial charge in [0, 0.05) is 18.1 Å². The van der Waals surface area contributed by atoms with Crippen molar-refractivity contribution < 1.29 is 24.1 Å². The first-order valence-electron chi connectivity index (χ1n) is 8.64. The van der Waals surface area contributed by atoms with Crippen molar-refractivity contribution in [2.45, 2.75) is 12.8 Å². The smallest absolute Gasteiger partial charge is 0.303 e. The lowest BCUT2D eigenvalue weighted by molar-refractivity contribution is -0.136. The third-order valence-electron chi connectivity index (χ3n) is 4.24. The monoisotopic (exact) mass is 399 g/mol. The molecule has 2 aromatic carbocycles. The number of aromatic nitrogens is 1. The normalized spacial score (nSPS) is 11.5. The third kappa shape index (κ3) is 4.26. The molecule has 0 aliphatic rings. The molecule has 0 radical (unpaired) electrons. The van der Waals surface area contributed by atoms with Crippen LogP contribution in [-0.2, 0) is 4.79 Å². The minimum Gasteiger partial charge on any atom is -0.496 e. The van der Waals surface area contributed by atoms with Gasteiger partial charge in [-0.25, -0.2) is 4.98 Å².